The lowest BCUT2D eigenvalue weighted by Gasteiger charge is -2.38. The third-order valence-electron chi connectivity index (χ3n) is 5.38. The zero-order valence-electron chi connectivity index (χ0n) is 14.0. The molecule has 0 N–H and O–H groups in total. The van der Waals surface area contributed by atoms with Gasteiger partial charge in [-0.05, 0) is 42.5 Å². The van der Waals surface area contributed by atoms with Crippen molar-refractivity contribution in [3.63, 3.8) is 0 Å². The van der Waals surface area contributed by atoms with Gasteiger partial charge in [-0.15, -0.1) is 0 Å². The number of aryl methyl sites for hydroxylation is 1. The summed E-state index contributed by atoms with van der Waals surface area (Å²) < 4.78 is 0. The van der Waals surface area contributed by atoms with Gasteiger partial charge in [0.1, 0.15) is 0 Å². The van der Waals surface area contributed by atoms with Crippen LogP contribution in [0.1, 0.15) is 29.9 Å². The highest BCUT2D eigenvalue weighted by atomic mass is 16.2. The van der Waals surface area contributed by atoms with Gasteiger partial charge < -0.3 is 9.80 Å². The van der Waals surface area contributed by atoms with Crippen LogP contribution in [0.5, 0.6) is 0 Å². The first-order chi connectivity index (χ1) is 11.8. The summed E-state index contributed by atoms with van der Waals surface area (Å²) in [5.41, 5.74) is 3.89. The predicted octanol–water partition coefficient (Wildman–Crippen LogP) is 3.46. The number of rotatable bonds is 2. The maximum atomic E-state index is 13.1. The van der Waals surface area contributed by atoms with E-state index in [2.05, 4.69) is 58.3 Å². The first-order valence-corrected chi connectivity index (χ1v) is 8.99. The van der Waals surface area contributed by atoms with Crippen molar-refractivity contribution in [1.29, 1.82) is 0 Å². The molecule has 0 radical (unpaired) electrons. The Bertz CT molecular complexity index is 705. The largest absolute Gasteiger partial charge is 0.368 e. The molecule has 1 aliphatic heterocycles. The van der Waals surface area contributed by atoms with Crippen LogP contribution in [-0.4, -0.2) is 37.0 Å². The van der Waals surface area contributed by atoms with Crippen LogP contribution in [0.4, 0.5) is 5.69 Å². The van der Waals surface area contributed by atoms with E-state index in [9.17, 15) is 4.79 Å². The Morgan fingerprint density at radius 3 is 2.38 bits per heavy atom. The van der Waals surface area contributed by atoms with Crippen molar-refractivity contribution >= 4 is 11.6 Å². The van der Waals surface area contributed by atoms with Crippen LogP contribution in [0.15, 0.2) is 54.6 Å². The van der Waals surface area contributed by atoms with E-state index in [1.807, 2.05) is 6.07 Å². The molecule has 2 aliphatic rings. The highest BCUT2D eigenvalue weighted by Crippen LogP contribution is 2.33. The van der Waals surface area contributed by atoms with Crippen LogP contribution >= 0.6 is 0 Å². The fourth-order valence-corrected chi connectivity index (χ4v) is 4.05. The normalized spacial score (nSPS) is 20.6. The zero-order chi connectivity index (χ0) is 16.4. The lowest BCUT2D eigenvalue weighted by atomic mass is 9.82. The number of carbonyl (C=O) groups excluding carboxylic acids is 1. The molecule has 0 unspecified atom stereocenters. The number of fused-ring (bicyclic) bond motifs is 1. The molecule has 1 heterocycles. The lowest BCUT2D eigenvalue weighted by molar-refractivity contribution is -0.133. The zero-order valence-corrected chi connectivity index (χ0v) is 14.0. The molecule has 0 spiro atoms. The molecule has 2 aromatic carbocycles. The van der Waals surface area contributed by atoms with E-state index in [0.717, 1.165) is 45.4 Å². The minimum atomic E-state index is 0.0678. The standard InChI is InChI=1S/C21H24N2O/c24-21(20-12-6-8-17-7-4-5-11-19(17)20)23-15-13-22(14-16-23)18-9-2-1-3-10-18/h1-5,7,9-11,20H,6,8,12-16H2/t20-/m1/s1. The number of para-hydroxylation sites is 1. The Kier molecular flexibility index (Phi) is 4.24. The molecular weight excluding hydrogens is 296 g/mol. The summed E-state index contributed by atoms with van der Waals surface area (Å²) in [4.78, 5) is 17.5. The number of piperazine rings is 1. The molecule has 4 rings (SSSR count). The van der Waals surface area contributed by atoms with E-state index < -0.39 is 0 Å². The summed E-state index contributed by atoms with van der Waals surface area (Å²) in [5.74, 6) is 0.396. The number of carbonyl (C=O) groups is 1. The Hall–Kier alpha value is -2.29. The quantitative estimate of drug-likeness (QED) is 0.846. The fourth-order valence-electron chi connectivity index (χ4n) is 4.05. The van der Waals surface area contributed by atoms with Gasteiger partial charge in [0.05, 0.1) is 5.92 Å². The number of nitrogens with zero attached hydrogens (tertiary/aromatic N) is 2. The van der Waals surface area contributed by atoms with E-state index in [1.165, 1.54) is 16.8 Å². The van der Waals surface area contributed by atoms with Crippen molar-refractivity contribution in [2.24, 2.45) is 0 Å². The Morgan fingerprint density at radius 1 is 0.875 bits per heavy atom. The topological polar surface area (TPSA) is 23.6 Å². The van der Waals surface area contributed by atoms with E-state index >= 15 is 0 Å². The van der Waals surface area contributed by atoms with Gasteiger partial charge in [-0.1, -0.05) is 42.5 Å². The van der Waals surface area contributed by atoms with Gasteiger partial charge in [0.25, 0.3) is 0 Å². The summed E-state index contributed by atoms with van der Waals surface area (Å²) >= 11 is 0. The van der Waals surface area contributed by atoms with E-state index in [0.29, 0.717) is 5.91 Å². The van der Waals surface area contributed by atoms with Crippen molar-refractivity contribution < 1.29 is 4.79 Å². The van der Waals surface area contributed by atoms with Crippen LogP contribution in [0.3, 0.4) is 0 Å². The molecule has 0 aromatic heterocycles. The van der Waals surface area contributed by atoms with Crippen molar-refractivity contribution in [2.45, 2.75) is 25.2 Å². The first-order valence-electron chi connectivity index (χ1n) is 8.99. The van der Waals surface area contributed by atoms with Crippen molar-refractivity contribution in [2.75, 3.05) is 31.1 Å². The number of anilines is 1. The second-order valence-electron chi connectivity index (χ2n) is 6.79. The second kappa shape index (κ2) is 6.68. The molecule has 3 heteroatoms. The van der Waals surface area contributed by atoms with Crippen LogP contribution in [-0.2, 0) is 11.2 Å². The van der Waals surface area contributed by atoms with E-state index in [-0.39, 0.29) is 5.92 Å². The summed E-state index contributed by atoms with van der Waals surface area (Å²) in [7, 11) is 0. The Morgan fingerprint density at radius 2 is 1.58 bits per heavy atom. The summed E-state index contributed by atoms with van der Waals surface area (Å²) in [5, 5.41) is 0. The molecule has 1 atom stereocenters. The van der Waals surface area contributed by atoms with Crippen LogP contribution in [0, 0.1) is 0 Å². The van der Waals surface area contributed by atoms with Crippen molar-refractivity contribution in [1.82, 2.24) is 4.90 Å². The predicted molar refractivity (Wildman–Crippen MR) is 97.4 cm³/mol. The van der Waals surface area contributed by atoms with Gasteiger partial charge >= 0.3 is 0 Å². The average Bonchev–Trinajstić information content (AvgIpc) is 2.68. The minimum Gasteiger partial charge on any atom is -0.368 e. The highest BCUT2D eigenvalue weighted by Gasteiger charge is 2.31. The van der Waals surface area contributed by atoms with Crippen LogP contribution in [0.2, 0.25) is 0 Å². The molecule has 124 valence electrons. The number of hydrogen-bond acceptors (Lipinski definition) is 2. The van der Waals surface area contributed by atoms with Gasteiger partial charge in [0.2, 0.25) is 5.91 Å². The number of amides is 1. The van der Waals surface area contributed by atoms with Gasteiger partial charge in [0, 0.05) is 31.9 Å². The number of hydrogen-bond donors (Lipinski definition) is 0. The Balaban J connectivity index is 1.44. The number of benzene rings is 2. The minimum absolute atomic E-state index is 0.0678. The maximum absolute atomic E-state index is 13.1. The van der Waals surface area contributed by atoms with Gasteiger partial charge in [-0.25, -0.2) is 0 Å². The molecule has 0 bridgehead atoms. The van der Waals surface area contributed by atoms with E-state index in [4.69, 9.17) is 0 Å². The first kappa shape index (κ1) is 15.3. The second-order valence-corrected chi connectivity index (χ2v) is 6.79. The monoisotopic (exact) mass is 320 g/mol. The molecule has 1 saturated heterocycles. The lowest BCUT2D eigenvalue weighted by Crippen LogP contribution is -2.50. The molecule has 1 fully saturated rings. The molecule has 2 aromatic rings. The Labute approximate surface area is 143 Å². The smallest absolute Gasteiger partial charge is 0.230 e. The van der Waals surface area contributed by atoms with E-state index in [1.54, 1.807) is 0 Å². The maximum Gasteiger partial charge on any atom is 0.230 e. The van der Waals surface area contributed by atoms with Gasteiger partial charge in [-0.2, -0.15) is 0 Å². The third-order valence-corrected chi connectivity index (χ3v) is 5.38. The molecule has 1 aliphatic carbocycles. The molecule has 24 heavy (non-hydrogen) atoms. The van der Waals surface area contributed by atoms with Crippen LogP contribution < -0.4 is 4.90 Å². The highest BCUT2D eigenvalue weighted by molar-refractivity contribution is 5.84. The summed E-state index contributed by atoms with van der Waals surface area (Å²) in [6.45, 7) is 3.49. The third kappa shape index (κ3) is 2.91. The van der Waals surface area contributed by atoms with Gasteiger partial charge in [-0.3, -0.25) is 4.79 Å². The summed E-state index contributed by atoms with van der Waals surface area (Å²) in [6.07, 6.45) is 3.23. The molecule has 0 saturated carbocycles. The SMILES string of the molecule is O=C([C@@H]1CCCc2ccccc21)N1CCN(c2ccccc2)CC1. The molecular formula is C21H24N2O. The molecule has 3 nitrogen and oxygen atoms in total. The fraction of sp³-hybridized carbons (Fsp3) is 0.381. The summed E-state index contributed by atoms with van der Waals surface area (Å²) in [6, 6.07) is 19.0. The molecule has 1 amide bonds. The van der Waals surface area contributed by atoms with Gasteiger partial charge in [0.15, 0.2) is 0 Å². The van der Waals surface area contributed by atoms with Crippen LogP contribution in [0.25, 0.3) is 0 Å². The van der Waals surface area contributed by atoms with Crippen molar-refractivity contribution in [3.8, 4) is 0 Å². The average molecular weight is 320 g/mol. The van der Waals surface area contributed by atoms with Crippen molar-refractivity contribution in [3.05, 3.63) is 65.7 Å².